The fraction of sp³-hybridized carbons (Fsp3) is 0.286. The normalized spacial score (nSPS) is 13.0. The molecule has 0 saturated heterocycles. The first-order chi connectivity index (χ1) is 12.5. The summed E-state index contributed by atoms with van der Waals surface area (Å²) < 4.78 is 7.19. The van der Waals surface area contributed by atoms with E-state index in [1.54, 1.807) is 22.8 Å². The minimum absolute atomic E-state index is 0.0298. The van der Waals surface area contributed by atoms with Crippen LogP contribution in [0.2, 0.25) is 0 Å². The molecule has 1 aromatic heterocycles. The Bertz CT molecular complexity index is 1080. The number of fused-ring (bicyclic) bond motifs is 2. The van der Waals surface area contributed by atoms with Gasteiger partial charge in [-0.25, -0.2) is 9.78 Å². The molecule has 132 valence electrons. The van der Waals surface area contributed by atoms with Gasteiger partial charge in [0.25, 0.3) is 5.56 Å². The molecule has 0 atom stereocenters. The van der Waals surface area contributed by atoms with E-state index in [1.807, 2.05) is 32.0 Å². The number of aromatic nitrogens is 2. The molecule has 3 aromatic rings. The minimum Gasteiger partial charge on any atom is -0.457 e. The second-order valence-corrected chi connectivity index (χ2v) is 6.83. The smallest absolute Gasteiger partial charge is 0.338 e. The van der Waals surface area contributed by atoms with Gasteiger partial charge in [0.05, 0.1) is 16.5 Å². The predicted molar refractivity (Wildman–Crippen MR) is 99.4 cm³/mol. The molecule has 0 amide bonds. The number of carbonyl (C=O) groups excluding carboxylic acids is 1. The molecule has 5 nitrogen and oxygen atoms in total. The molecule has 0 unspecified atom stereocenters. The van der Waals surface area contributed by atoms with Crippen molar-refractivity contribution in [2.24, 2.45) is 0 Å². The van der Waals surface area contributed by atoms with E-state index in [0.717, 1.165) is 41.9 Å². The van der Waals surface area contributed by atoms with Gasteiger partial charge in [0.1, 0.15) is 12.4 Å². The van der Waals surface area contributed by atoms with Crippen LogP contribution >= 0.6 is 0 Å². The summed E-state index contributed by atoms with van der Waals surface area (Å²) in [7, 11) is 0. The highest BCUT2D eigenvalue weighted by Crippen LogP contribution is 2.18. The maximum absolute atomic E-state index is 12.5. The maximum atomic E-state index is 12.5. The predicted octanol–water partition coefficient (Wildman–Crippen LogP) is 3.32. The van der Waals surface area contributed by atoms with Crippen molar-refractivity contribution in [3.05, 3.63) is 74.8 Å². The number of benzene rings is 2. The maximum Gasteiger partial charge on any atom is 0.338 e. The molecule has 2 aromatic carbocycles. The molecule has 1 aliphatic rings. The third-order valence-electron chi connectivity index (χ3n) is 4.92. The summed E-state index contributed by atoms with van der Waals surface area (Å²) in [4.78, 5) is 29.5. The van der Waals surface area contributed by atoms with Crippen LogP contribution in [-0.4, -0.2) is 15.5 Å². The second-order valence-electron chi connectivity index (χ2n) is 6.83. The van der Waals surface area contributed by atoms with E-state index in [9.17, 15) is 9.59 Å². The van der Waals surface area contributed by atoms with Crippen molar-refractivity contribution in [2.75, 3.05) is 0 Å². The molecule has 0 fully saturated rings. The van der Waals surface area contributed by atoms with E-state index in [1.165, 1.54) is 0 Å². The van der Waals surface area contributed by atoms with Gasteiger partial charge >= 0.3 is 5.97 Å². The van der Waals surface area contributed by atoms with E-state index >= 15 is 0 Å². The van der Waals surface area contributed by atoms with Crippen molar-refractivity contribution >= 4 is 16.9 Å². The minimum atomic E-state index is -0.407. The van der Waals surface area contributed by atoms with Crippen LogP contribution in [0, 0.1) is 13.8 Å². The van der Waals surface area contributed by atoms with Crippen molar-refractivity contribution in [3.8, 4) is 0 Å². The largest absolute Gasteiger partial charge is 0.457 e. The van der Waals surface area contributed by atoms with Gasteiger partial charge in [0, 0.05) is 13.0 Å². The molecule has 0 N–H and O–H groups in total. The van der Waals surface area contributed by atoms with E-state index in [-0.39, 0.29) is 12.2 Å². The number of esters is 1. The number of carbonyl (C=O) groups is 1. The van der Waals surface area contributed by atoms with Gasteiger partial charge in [-0.2, -0.15) is 0 Å². The number of nitrogens with zero attached hydrogens (tertiary/aromatic N) is 2. The SMILES string of the molecule is Cc1ccc(C)c(COC(=O)c2ccc3c(=O)n4c(nc3c2)CCC4)c1. The Labute approximate surface area is 151 Å². The van der Waals surface area contributed by atoms with Gasteiger partial charge in [-0.05, 0) is 49.6 Å². The van der Waals surface area contributed by atoms with Gasteiger partial charge < -0.3 is 4.74 Å². The second kappa shape index (κ2) is 6.41. The van der Waals surface area contributed by atoms with Crippen LogP contribution in [0.25, 0.3) is 10.9 Å². The lowest BCUT2D eigenvalue weighted by Crippen LogP contribution is -2.21. The summed E-state index contributed by atoms with van der Waals surface area (Å²) in [5.41, 5.74) is 4.16. The lowest BCUT2D eigenvalue weighted by molar-refractivity contribution is 0.0472. The van der Waals surface area contributed by atoms with Crippen molar-refractivity contribution in [1.82, 2.24) is 9.55 Å². The molecule has 1 aliphatic heterocycles. The zero-order valence-corrected chi connectivity index (χ0v) is 14.9. The summed E-state index contributed by atoms with van der Waals surface area (Å²) in [5.74, 6) is 0.388. The zero-order chi connectivity index (χ0) is 18.3. The van der Waals surface area contributed by atoms with Gasteiger partial charge in [-0.3, -0.25) is 9.36 Å². The first-order valence-electron chi connectivity index (χ1n) is 8.79. The number of hydrogen-bond donors (Lipinski definition) is 0. The van der Waals surface area contributed by atoms with E-state index in [2.05, 4.69) is 4.98 Å². The third kappa shape index (κ3) is 2.90. The van der Waals surface area contributed by atoms with E-state index < -0.39 is 5.97 Å². The van der Waals surface area contributed by atoms with E-state index in [4.69, 9.17) is 4.74 Å². The van der Waals surface area contributed by atoms with Crippen molar-refractivity contribution in [2.45, 2.75) is 39.8 Å². The summed E-state index contributed by atoms with van der Waals surface area (Å²) in [6.07, 6.45) is 1.73. The molecule has 0 aliphatic carbocycles. The summed E-state index contributed by atoms with van der Waals surface area (Å²) >= 11 is 0. The molecule has 0 saturated carbocycles. The summed E-state index contributed by atoms with van der Waals surface area (Å²) in [6.45, 7) is 4.95. The quantitative estimate of drug-likeness (QED) is 0.681. The average molecular weight is 348 g/mol. The van der Waals surface area contributed by atoms with Gasteiger partial charge in [0.15, 0.2) is 0 Å². The number of aryl methyl sites for hydroxylation is 3. The summed E-state index contributed by atoms with van der Waals surface area (Å²) in [6, 6.07) is 11.0. The van der Waals surface area contributed by atoms with Crippen molar-refractivity contribution in [1.29, 1.82) is 0 Å². The highest BCUT2D eigenvalue weighted by Gasteiger charge is 2.17. The zero-order valence-electron chi connectivity index (χ0n) is 14.9. The lowest BCUT2D eigenvalue weighted by atomic mass is 10.1. The first kappa shape index (κ1) is 16.5. The molecule has 0 radical (unpaired) electrons. The Morgan fingerprint density at radius 1 is 1.19 bits per heavy atom. The number of rotatable bonds is 3. The van der Waals surface area contributed by atoms with Crippen LogP contribution in [0.4, 0.5) is 0 Å². The van der Waals surface area contributed by atoms with Crippen LogP contribution in [0.15, 0.2) is 41.2 Å². The molecule has 0 spiro atoms. The molecule has 5 heteroatoms. The van der Waals surface area contributed by atoms with Crippen LogP contribution in [0.1, 0.15) is 39.3 Å². The van der Waals surface area contributed by atoms with Crippen LogP contribution < -0.4 is 5.56 Å². The fourth-order valence-corrected chi connectivity index (χ4v) is 3.39. The Hall–Kier alpha value is -2.95. The first-order valence-corrected chi connectivity index (χ1v) is 8.79. The molecule has 2 heterocycles. The standard InChI is InChI=1S/C21H20N2O3/c1-13-5-6-14(2)16(10-13)12-26-21(25)15-7-8-17-18(11-15)22-19-4-3-9-23(19)20(17)24/h5-8,10-11H,3-4,9,12H2,1-2H3. The molecular weight excluding hydrogens is 328 g/mol. The number of hydrogen-bond acceptors (Lipinski definition) is 4. The molecule has 26 heavy (non-hydrogen) atoms. The highest BCUT2D eigenvalue weighted by molar-refractivity contribution is 5.94. The third-order valence-corrected chi connectivity index (χ3v) is 4.92. The Morgan fingerprint density at radius 3 is 2.88 bits per heavy atom. The monoisotopic (exact) mass is 348 g/mol. The Morgan fingerprint density at radius 2 is 2.04 bits per heavy atom. The van der Waals surface area contributed by atoms with Crippen molar-refractivity contribution < 1.29 is 9.53 Å². The van der Waals surface area contributed by atoms with Gasteiger partial charge in [-0.15, -0.1) is 0 Å². The van der Waals surface area contributed by atoms with Crippen LogP contribution in [-0.2, 0) is 24.3 Å². The number of ether oxygens (including phenoxy) is 1. The van der Waals surface area contributed by atoms with E-state index in [0.29, 0.717) is 16.5 Å². The van der Waals surface area contributed by atoms with Crippen LogP contribution in [0.3, 0.4) is 0 Å². The fourth-order valence-electron chi connectivity index (χ4n) is 3.39. The molecule has 0 bridgehead atoms. The topological polar surface area (TPSA) is 61.2 Å². The molecule has 4 rings (SSSR count). The molecular formula is C21H20N2O3. The lowest BCUT2D eigenvalue weighted by Gasteiger charge is -2.09. The van der Waals surface area contributed by atoms with Gasteiger partial charge in [-0.1, -0.05) is 23.8 Å². The summed E-state index contributed by atoms with van der Waals surface area (Å²) in [5, 5.41) is 0.543. The average Bonchev–Trinajstić information content (AvgIpc) is 3.10. The highest BCUT2D eigenvalue weighted by atomic mass is 16.5. The Kier molecular flexibility index (Phi) is 4.07. The van der Waals surface area contributed by atoms with Crippen LogP contribution in [0.5, 0.6) is 0 Å². The van der Waals surface area contributed by atoms with Crippen molar-refractivity contribution in [3.63, 3.8) is 0 Å². The Balaban J connectivity index is 1.60. The van der Waals surface area contributed by atoms with Gasteiger partial charge in [0.2, 0.25) is 0 Å².